The summed E-state index contributed by atoms with van der Waals surface area (Å²) in [5.74, 6) is 0.340. The number of aromatic amines is 1. The summed E-state index contributed by atoms with van der Waals surface area (Å²) in [6.45, 7) is 6.36. The fourth-order valence-corrected chi connectivity index (χ4v) is 4.83. The van der Waals surface area contributed by atoms with Gasteiger partial charge in [0.1, 0.15) is 5.69 Å². The third-order valence-corrected chi connectivity index (χ3v) is 6.54. The highest BCUT2D eigenvalue weighted by Gasteiger charge is 2.44. The Bertz CT molecular complexity index is 692. The lowest BCUT2D eigenvalue weighted by Crippen LogP contribution is -2.55. The zero-order chi connectivity index (χ0) is 18.3. The lowest BCUT2D eigenvalue weighted by atomic mass is 9.72. The number of likely N-dealkylation sites (N-methyl/N-ethyl adjacent to an activating group) is 1. The fraction of sp³-hybridized carbons (Fsp3) is 0.737. The van der Waals surface area contributed by atoms with Gasteiger partial charge in [0.05, 0.1) is 0 Å². The highest BCUT2D eigenvalue weighted by molar-refractivity contribution is 5.92. The molecule has 1 aromatic rings. The zero-order valence-electron chi connectivity index (χ0n) is 15.8. The minimum Gasteiger partial charge on any atom is -0.338 e. The van der Waals surface area contributed by atoms with Crippen molar-refractivity contribution in [3.05, 3.63) is 17.5 Å². The number of carbonyl (C=O) groups is 2. The number of amides is 2. The molecule has 0 unspecified atom stereocenters. The molecule has 0 radical (unpaired) electrons. The predicted octanol–water partition coefficient (Wildman–Crippen LogP) is 1.27. The topological polar surface area (TPSA) is 72.5 Å². The monoisotopic (exact) mass is 359 g/mol. The first-order chi connectivity index (χ1) is 12.5. The summed E-state index contributed by atoms with van der Waals surface area (Å²) in [4.78, 5) is 31.5. The van der Waals surface area contributed by atoms with Crippen LogP contribution in [0, 0.1) is 12.3 Å². The molecule has 3 saturated heterocycles. The van der Waals surface area contributed by atoms with Crippen LogP contribution in [-0.4, -0.2) is 82.5 Å². The first kappa shape index (κ1) is 17.5. The van der Waals surface area contributed by atoms with Crippen molar-refractivity contribution < 1.29 is 9.59 Å². The Labute approximate surface area is 154 Å². The number of hydrogen-bond acceptors (Lipinski definition) is 4. The van der Waals surface area contributed by atoms with E-state index < -0.39 is 0 Å². The summed E-state index contributed by atoms with van der Waals surface area (Å²) in [5.41, 5.74) is 1.60. The largest absolute Gasteiger partial charge is 0.338 e. The third-order valence-electron chi connectivity index (χ3n) is 6.54. The molecule has 4 heterocycles. The standard InChI is InChI=1S/C19H29N5O2/c1-14-11-16(21-20-14)18(26)23-9-6-19(7-10-23)5-3-17(25)24(13-19)15-4-8-22(2)12-15/h11,15H,3-10,12-13H2,1-2H3,(H,20,21)/t15-/m0/s1. The Morgan fingerprint density at radius 2 is 2.04 bits per heavy atom. The van der Waals surface area contributed by atoms with Gasteiger partial charge in [-0.2, -0.15) is 5.10 Å². The summed E-state index contributed by atoms with van der Waals surface area (Å²) in [6, 6.07) is 2.18. The van der Waals surface area contributed by atoms with Crippen molar-refractivity contribution in [3.8, 4) is 0 Å². The van der Waals surface area contributed by atoms with Crippen molar-refractivity contribution in [3.63, 3.8) is 0 Å². The Kier molecular flexibility index (Phi) is 4.50. The molecule has 2 amide bonds. The van der Waals surface area contributed by atoms with Crippen LogP contribution in [0.1, 0.15) is 48.3 Å². The van der Waals surface area contributed by atoms with Crippen LogP contribution >= 0.6 is 0 Å². The molecule has 1 N–H and O–H groups in total. The molecule has 4 rings (SSSR count). The second-order valence-corrected chi connectivity index (χ2v) is 8.45. The minimum absolute atomic E-state index is 0.0189. The van der Waals surface area contributed by atoms with Gasteiger partial charge in [-0.25, -0.2) is 0 Å². The number of aryl methyl sites for hydroxylation is 1. The maximum absolute atomic E-state index is 12.6. The van der Waals surface area contributed by atoms with Gasteiger partial charge in [0, 0.05) is 44.3 Å². The van der Waals surface area contributed by atoms with Crippen LogP contribution in [0.2, 0.25) is 0 Å². The van der Waals surface area contributed by atoms with Crippen LogP contribution < -0.4 is 0 Å². The van der Waals surface area contributed by atoms with E-state index in [1.54, 1.807) is 0 Å². The van der Waals surface area contributed by atoms with Gasteiger partial charge in [-0.15, -0.1) is 0 Å². The first-order valence-corrected chi connectivity index (χ1v) is 9.75. The highest BCUT2D eigenvalue weighted by Crippen LogP contribution is 2.41. The van der Waals surface area contributed by atoms with Gasteiger partial charge in [0.2, 0.25) is 5.91 Å². The highest BCUT2D eigenvalue weighted by atomic mass is 16.2. The summed E-state index contributed by atoms with van der Waals surface area (Å²) >= 11 is 0. The van der Waals surface area contributed by atoms with Crippen LogP contribution in [-0.2, 0) is 4.79 Å². The summed E-state index contributed by atoms with van der Waals surface area (Å²) < 4.78 is 0. The Balaban J connectivity index is 1.39. The summed E-state index contributed by atoms with van der Waals surface area (Å²) in [6.07, 6.45) is 4.67. The molecular weight excluding hydrogens is 330 g/mol. The predicted molar refractivity (Wildman–Crippen MR) is 97.7 cm³/mol. The van der Waals surface area contributed by atoms with Crippen LogP contribution in [0.3, 0.4) is 0 Å². The van der Waals surface area contributed by atoms with Gasteiger partial charge in [-0.1, -0.05) is 0 Å². The van der Waals surface area contributed by atoms with Gasteiger partial charge in [-0.05, 0) is 57.7 Å². The number of aromatic nitrogens is 2. The molecule has 26 heavy (non-hydrogen) atoms. The van der Waals surface area contributed by atoms with Crippen molar-refractivity contribution in [2.24, 2.45) is 5.41 Å². The number of piperidine rings is 2. The number of hydrogen-bond donors (Lipinski definition) is 1. The molecule has 3 aliphatic rings. The van der Waals surface area contributed by atoms with Gasteiger partial charge >= 0.3 is 0 Å². The molecule has 7 heteroatoms. The van der Waals surface area contributed by atoms with E-state index in [9.17, 15) is 9.59 Å². The molecule has 1 spiro atoms. The lowest BCUT2D eigenvalue weighted by Gasteiger charge is -2.48. The number of H-pyrrole nitrogens is 1. The summed E-state index contributed by atoms with van der Waals surface area (Å²) in [7, 11) is 2.13. The number of likely N-dealkylation sites (tertiary alicyclic amines) is 3. The maximum atomic E-state index is 12.6. The molecule has 0 bridgehead atoms. The molecular formula is C19H29N5O2. The number of nitrogens with zero attached hydrogens (tertiary/aromatic N) is 4. The van der Waals surface area contributed by atoms with E-state index in [4.69, 9.17) is 0 Å². The quantitative estimate of drug-likeness (QED) is 0.863. The van der Waals surface area contributed by atoms with Gasteiger partial charge < -0.3 is 14.7 Å². The van der Waals surface area contributed by atoms with Crippen LogP contribution in [0.5, 0.6) is 0 Å². The van der Waals surface area contributed by atoms with Crippen LogP contribution in [0.15, 0.2) is 6.07 Å². The van der Waals surface area contributed by atoms with Crippen molar-refractivity contribution in [1.82, 2.24) is 24.9 Å². The van der Waals surface area contributed by atoms with E-state index in [1.165, 1.54) is 0 Å². The fourth-order valence-electron chi connectivity index (χ4n) is 4.83. The minimum atomic E-state index is 0.0189. The molecule has 3 aliphatic heterocycles. The molecule has 0 aromatic carbocycles. The van der Waals surface area contributed by atoms with Crippen molar-refractivity contribution in [1.29, 1.82) is 0 Å². The average molecular weight is 359 g/mol. The molecule has 142 valence electrons. The Morgan fingerprint density at radius 3 is 2.65 bits per heavy atom. The van der Waals surface area contributed by atoms with E-state index in [0.29, 0.717) is 24.1 Å². The Hall–Kier alpha value is -1.89. The van der Waals surface area contributed by atoms with Crippen molar-refractivity contribution >= 4 is 11.8 Å². The molecule has 1 atom stereocenters. The number of carbonyl (C=O) groups excluding carboxylic acids is 2. The van der Waals surface area contributed by atoms with E-state index >= 15 is 0 Å². The number of nitrogens with one attached hydrogen (secondary N) is 1. The van der Waals surface area contributed by atoms with Crippen molar-refractivity contribution in [2.45, 2.75) is 45.1 Å². The van der Waals surface area contributed by atoms with E-state index in [0.717, 1.165) is 64.1 Å². The molecule has 7 nitrogen and oxygen atoms in total. The van der Waals surface area contributed by atoms with Gasteiger partial charge in [0.25, 0.3) is 5.91 Å². The maximum Gasteiger partial charge on any atom is 0.274 e. The molecule has 0 aliphatic carbocycles. The SMILES string of the molecule is Cc1cc(C(=O)N2CCC3(CCC(=O)N([C@H]4CCN(C)C4)C3)CC2)n[nH]1. The first-order valence-electron chi connectivity index (χ1n) is 9.75. The molecule has 1 aromatic heterocycles. The van der Waals surface area contributed by atoms with Crippen LogP contribution in [0.4, 0.5) is 0 Å². The average Bonchev–Trinajstić information content (AvgIpc) is 3.26. The van der Waals surface area contributed by atoms with Gasteiger partial charge in [-0.3, -0.25) is 14.7 Å². The normalized spacial score (nSPS) is 26.7. The molecule has 0 saturated carbocycles. The Morgan fingerprint density at radius 1 is 1.27 bits per heavy atom. The lowest BCUT2D eigenvalue weighted by molar-refractivity contribution is -0.141. The van der Waals surface area contributed by atoms with E-state index in [-0.39, 0.29) is 11.3 Å². The molecule has 3 fully saturated rings. The third kappa shape index (κ3) is 3.24. The second kappa shape index (κ2) is 6.68. The number of rotatable bonds is 2. The zero-order valence-corrected chi connectivity index (χ0v) is 15.8. The van der Waals surface area contributed by atoms with Gasteiger partial charge in [0.15, 0.2) is 0 Å². The van der Waals surface area contributed by atoms with E-state index in [2.05, 4.69) is 27.0 Å². The van der Waals surface area contributed by atoms with Crippen LogP contribution in [0.25, 0.3) is 0 Å². The van der Waals surface area contributed by atoms with Crippen molar-refractivity contribution in [2.75, 3.05) is 39.8 Å². The summed E-state index contributed by atoms with van der Waals surface area (Å²) in [5, 5.41) is 6.95. The smallest absolute Gasteiger partial charge is 0.274 e. The van der Waals surface area contributed by atoms with E-state index in [1.807, 2.05) is 17.9 Å². The second-order valence-electron chi connectivity index (χ2n) is 8.45.